The molecule has 0 bridgehead atoms. The average Bonchev–Trinajstić information content (AvgIpc) is 2.71. The Bertz CT molecular complexity index is 961. The maximum absolute atomic E-state index is 12.1. The first-order chi connectivity index (χ1) is 14.2. The van der Waals surface area contributed by atoms with Crippen molar-refractivity contribution in [2.24, 2.45) is 10.7 Å². The number of benzene rings is 2. The predicted molar refractivity (Wildman–Crippen MR) is 114 cm³/mol. The van der Waals surface area contributed by atoms with Crippen molar-refractivity contribution in [3.63, 3.8) is 0 Å². The fourth-order valence-electron chi connectivity index (χ4n) is 2.64. The molecule has 0 aromatic heterocycles. The molecule has 30 heavy (non-hydrogen) atoms. The molecule has 0 saturated carbocycles. The van der Waals surface area contributed by atoms with E-state index in [1.54, 1.807) is 24.3 Å². The van der Waals surface area contributed by atoms with Gasteiger partial charge in [0, 0.05) is 36.8 Å². The summed E-state index contributed by atoms with van der Waals surface area (Å²) in [5.41, 5.74) is 8.71. The van der Waals surface area contributed by atoms with E-state index in [1.165, 1.54) is 0 Å². The molecule has 7 heteroatoms. The Hall–Kier alpha value is -3.61. The second kappa shape index (κ2) is 10.8. The summed E-state index contributed by atoms with van der Waals surface area (Å²) in [6.45, 7) is 3.84. The van der Waals surface area contributed by atoms with Gasteiger partial charge in [-0.3, -0.25) is 24.5 Å². The highest BCUT2D eigenvalue weighted by molar-refractivity contribution is 6.04. The second-order valence-electron chi connectivity index (χ2n) is 7.02. The number of guanidine groups is 1. The van der Waals surface area contributed by atoms with Crippen LogP contribution in [-0.4, -0.2) is 29.3 Å². The Morgan fingerprint density at radius 3 is 1.63 bits per heavy atom. The van der Waals surface area contributed by atoms with E-state index in [0.717, 1.165) is 11.1 Å². The molecular weight excluding hydrogens is 382 g/mol. The highest BCUT2D eigenvalue weighted by Gasteiger charge is 2.12. The van der Waals surface area contributed by atoms with Crippen molar-refractivity contribution in [2.75, 3.05) is 0 Å². The minimum absolute atomic E-state index is 0.00231. The van der Waals surface area contributed by atoms with Crippen molar-refractivity contribution in [3.8, 4) is 0 Å². The third kappa shape index (κ3) is 7.43. The number of amides is 2. The summed E-state index contributed by atoms with van der Waals surface area (Å²) in [7, 11) is 0. The summed E-state index contributed by atoms with van der Waals surface area (Å²) in [6.07, 6.45) is -0.183. The third-order valence-corrected chi connectivity index (χ3v) is 4.40. The fourth-order valence-corrected chi connectivity index (χ4v) is 2.64. The van der Waals surface area contributed by atoms with Crippen LogP contribution < -0.4 is 11.1 Å². The molecule has 156 valence electrons. The lowest BCUT2D eigenvalue weighted by atomic mass is 10.1. The SMILES string of the molecule is Cc1ccc(C(=O)CCC(=O)N=C(N)NC(=O)CCC(=O)c2ccc(C)cc2)cc1. The Labute approximate surface area is 175 Å². The van der Waals surface area contributed by atoms with Crippen LogP contribution in [0.4, 0.5) is 0 Å². The molecule has 7 nitrogen and oxygen atoms in total. The number of aliphatic imine (C=N–C) groups is 1. The summed E-state index contributed by atoms with van der Waals surface area (Å²) in [6, 6.07) is 14.1. The monoisotopic (exact) mass is 407 g/mol. The summed E-state index contributed by atoms with van der Waals surface area (Å²) in [5, 5.41) is 2.28. The molecule has 0 spiro atoms. The van der Waals surface area contributed by atoms with Gasteiger partial charge in [-0.25, -0.2) is 0 Å². The van der Waals surface area contributed by atoms with Crippen molar-refractivity contribution < 1.29 is 19.2 Å². The molecule has 0 aliphatic heterocycles. The molecule has 2 aromatic rings. The summed E-state index contributed by atoms with van der Waals surface area (Å²) >= 11 is 0. The smallest absolute Gasteiger partial charge is 0.249 e. The Morgan fingerprint density at radius 1 is 0.733 bits per heavy atom. The number of Topliss-reactive ketones (excluding diaryl/α,β-unsaturated/α-hetero) is 2. The molecule has 2 rings (SSSR count). The number of ketones is 2. The number of nitrogens with zero attached hydrogens (tertiary/aromatic N) is 1. The van der Waals surface area contributed by atoms with E-state index < -0.39 is 11.8 Å². The number of carbonyl (C=O) groups is 4. The Kier molecular flexibility index (Phi) is 8.17. The van der Waals surface area contributed by atoms with Crippen LogP contribution in [0.15, 0.2) is 53.5 Å². The molecule has 2 amide bonds. The fraction of sp³-hybridized carbons (Fsp3) is 0.261. The van der Waals surface area contributed by atoms with Gasteiger partial charge in [0.2, 0.25) is 17.8 Å². The first kappa shape index (κ1) is 22.7. The molecule has 0 atom stereocenters. The van der Waals surface area contributed by atoms with Crippen LogP contribution in [0, 0.1) is 13.8 Å². The van der Waals surface area contributed by atoms with E-state index >= 15 is 0 Å². The number of hydrogen-bond acceptors (Lipinski definition) is 4. The average molecular weight is 407 g/mol. The highest BCUT2D eigenvalue weighted by atomic mass is 16.2. The van der Waals surface area contributed by atoms with Crippen LogP contribution >= 0.6 is 0 Å². The van der Waals surface area contributed by atoms with Crippen molar-refractivity contribution >= 4 is 29.3 Å². The lowest BCUT2D eigenvalue weighted by molar-refractivity contribution is -0.119. The summed E-state index contributed by atoms with van der Waals surface area (Å²) in [4.78, 5) is 51.5. The topological polar surface area (TPSA) is 119 Å². The summed E-state index contributed by atoms with van der Waals surface area (Å²) < 4.78 is 0. The zero-order valence-electron chi connectivity index (χ0n) is 17.1. The zero-order chi connectivity index (χ0) is 22.1. The number of aryl methyl sites for hydroxylation is 2. The number of hydrogen-bond donors (Lipinski definition) is 2. The van der Waals surface area contributed by atoms with Crippen LogP contribution in [0.1, 0.15) is 57.5 Å². The molecule has 0 unspecified atom stereocenters. The zero-order valence-corrected chi connectivity index (χ0v) is 17.1. The standard InChI is InChI=1S/C23H25N3O4/c1-15-3-7-17(8-4-15)19(27)11-13-21(29)25-23(24)26-22(30)14-12-20(28)18-9-5-16(2)6-10-18/h3-10H,11-14H2,1-2H3,(H3,24,25,26,29,30). The minimum atomic E-state index is -0.607. The van der Waals surface area contributed by atoms with Crippen molar-refractivity contribution in [1.29, 1.82) is 0 Å². The van der Waals surface area contributed by atoms with Gasteiger partial charge in [0.25, 0.3) is 0 Å². The van der Waals surface area contributed by atoms with Gasteiger partial charge in [-0.15, -0.1) is 0 Å². The number of nitrogens with one attached hydrogen (secondary N) is 1. The van der Waals surface area contributed by atoms with Crippen molar-refractivity contribution in [2.45, 2.75) is 39.5 Å². The highest BCUT2D eigenvalue weighted by Crippen LogP contribution is 2.09. The van der Waals surface area contributed by atoms with Gasteiger partial charge in [-0.1, -0.05) is 59.7 Å². The lowest BCUT2D eigenvalue weighted by Crippen LogP contribution is -2.37. The van der Waals surface area contributed by atoms with E-state index in [1.807, 2.05) is 38.1 Å². The predicted octanol–water partition coefficient (Wildman–Crippen LogP) is 2.89. The maximum Gasteiger partial charge on any atom is 0.249 e. The number of nitrogens with two attached hydrogens (primary N) is 1. The van der Waals surface area contributed by atoms with Crippen molar-refractivity contribution in [3.05, 3.63) is 70.8 Å². The van der Waals surface area contributed by atoms with E-state index in [4.69, 9.17) is 5.73 Å². The molecule has 3 N–H and O–H groups in total. The van der Waals surface area contributed by atoms with Crippen LogP contribution in [-0.2, 0) is 9.59 Å². The van der Waals surface area contributed by atoms with Crippen LogP contribution in [0.25, 0.3) is 0 Å². The van der Waals surface area contributed by atoms with E-state index in [9.17, 15) is 19.2 Å². The number of rotatable bonds is 8. The van der Waals surface area contributed by atoms with Crippen LogP contribution in [0.2, 0.25) is 0 Å². The Balaban J connectivity index is 1.76. The molecule has 0 fully saturated rings. The normalized spacial score (nSPS) is 11.1. The largest absolute Gasteiger partial charge is 0.369 e. The quantitative estimate of drug-likeness (QED) is 0.396. The first-order valence-electron chi connectivity index (χ1n) is 9.61. The van der Waals surface area contributed by atoms with Gasteiger partial charge in [0.05, 0.1) is 0 Å². The van der Waals surface area contributed by atoms with E-state index in [-0.39, 0.29) is 43.2 Å². The van der Waals surface area contributed by atoms with Gasteiger partial charge < -0.3 is 5.73 Å². The second-order valence-corrected chi connectivity index (χ2v) is 7.02. The molecule has 0 radical (unpaired) electrons. The van der Waals surface area contributed by atoms with Crippen LogP contribution in [0.3, 0.4) is 0 Å². The Morgan fingerprint density at radius 2 is 1.17 bits per heavy atom. The van der Waals surface area contributed by atoms with E-state index in [0.29, 0.717) is 11.1 Å². The molecule has 0 saturated heterocycles. The van der Waals surface area contributed by atoms with Gasteiger partial charge in [-0.2, -0.15) is 4.99 Å². The number of carbonyl (C=O) groups excluding carboxylic acids is 4. The first-order valence-corrected chi connectivity index (χ1v) is 9.61. The van der Waals surface area contributed by atoms with Crippen molar-refractivity contribution in [1.82, 2.24) is 5.32 Å². The van der Waals surface area contributed by atoms with Gasteiger partial charge >= 0.3 is 0 Å². The molecule has 0 heterocycles. The lowest BCUT2D eigenvalue weighted by Gasteiger charge is -2.05. The molecular formula is C23H25N3O4. The van der Waals surface area contributed by atoms with Gasteiger partial charge in [-0.05, 0) is 13.8 Å². The maximum atomic E-state index is 12.1. The molecule has 2 aromatic carbocycles. The third-order valence-electron chi connectivity index (χ3n) is 4.40. The van der Waals surface area contributed by atoms with Gasteiger partial charge in [0.15, 0.2) is 11.6 Å². The van der Waals surface area contributed by atoms with Crippen LogP contribution in [0.5, 0.6) is 0 Å². The molecule has 0 aliphatic carbocycles. The molecule has 0 aliphatic rings. The van der Waals surface area contributed by atoms with E-state index in [2.05, 4.69) is 10.3 Å². The van der Waals surface area contributed by atoms with Gasteiger partial charge in [0.1, 0.15) is 0 Å². The summed E-state index contributed by atoms with van der Waals surface area (Å²) in [5.74, 6) is -1.80. The minimum Gasteiger partial charge on any atom is -0.369 e.